The van der Waals surface area contributed by atoms with Crippen LogP contribution >= 0.6 is 0 Å². The molecule has 0 amide bonds. The van der Waals surface area contributed by atoms with Gasteiger partial charge in [0, 0.05) is 0 Å². The summed E-state index contributed by atoms with van der Waals surface area (Å²) in [7, 11) is 0. The molecule has 156 valence electrons. The van der Waals surface area contributed by atoms with Crippen LogP contribution in [0.25, 0.3) is 0 Å². The molecule has 0 heterocycles. The van der Waals surface area contributed by atoms with Gasteiger partial charge in [-0.15, -0.1) is 0 Å². The number of halogens is 2. The monoisotopic (exact) mass is 402 g/mol. The lowest BCUT2D eigenvalue weighted by Crippen LogP contribution is -2.13. The lowest BCUT2D eigenvalue weighted by atomic mass is 9.77. The zero-order chi connectivity index (χ0) is 20.6. The maximum Gasteiger partial charge on any atom is 0.387 e. The van der Waals surface area contributed by atoms with Crippen molar-refractivity contribution in [1.82, 2.24) is 0 Å². The molecule has 0 radical (unpaired) electrons. The van der Waals surface area contributed by atoms with Crippen LogP contribution in [0, 0.1) is 5.92 Å². The van der Waals surface area contributed by atoms with Crippen LogP contribution in [0.1, 0.15) is 73.7 Å². The van der Waals surface area contributed by atoms with E-state index in [0.29, 0.717) is 11.7 Å². The van der Waals surface area contributed by atoms with Gasteiger partial charge in [0.05, 0.1) is 5.56 Å². The van der Waals surface area contributed by atoms with E-state index in [9.17, 15) is 13.6 Å². The molecule has 0 atom stereocenters. The number of hydrogen-bond acceptors (Lipinski definition) is 3. The standard InChI is InChI=1S/C24H28F2O3/c1-2-3-4-17-5-7-18(8-6-17)19-9-13-21(14-10-19)28-23(27)20-11-15-22(16-12-20)29-24(25)26/h9-18,24H,2-8H2,1H3. The van der Waals surface area contributed by atoms with Gasteiger partial charge in [0.25, 0.3) is 0 Å². The van der Waals surface area contributed by atoms with Crippen LogP contribution in [0.4, 0.5) is 8.78 Å². The summed E-state index contributed by atoms with van der Waals surface area (Å²) in [5.74, 6) is 1.41. The van der Waals surface area contributed by atoms with Gasteiger partial charge in [-0.2, -0.15) is 8.78 Å². The topological polar surface area (TPSA) is 35.5 Å². The fourth-order valence-electron chi connectivity index (χ4n) is 4.02. The third kappa shape index (κ3) is 6.28. The Morgan fingerprint density at radius 3 is 2.17 bits per heavy atom. The molecular weight excluding hydrogens is 374 g/mol. The van der Waals surface area contributed by atoms with Crippen molar-refractivity contribution in [3.8, 4) is 11.5 Å². The molecule has 0 aliphatic heterocycles. The lowest BCUT2D eigenvalue weighted by molar-refractivity contribution is -0.0498. The Hall–Kier alpha value is -2.43. The van der Waals surface area contributed by atoms with Crippen LogP contribution < -0.4 is 9.47 Å². The summed E-state index contributed by atoms with van der Waals surface area (Å²) in [6.07, 6.45) is 9.00. The first kappa shape index (κ1) is 21.3. The summed E-state index contributed by atoms with van der Waals surface area (Å²) in [4.78, 5) is 12.2. The average Bonchev–Trinajstić information content (AvgIpc) is 2.73. The van der Waals surface area contributed by atoms with Crippen molar-refractivity contribution >= 4 is 5.97 Å². The summed E-state index contributed by atoms with van der Waals surface area (Å²) in [5, 5.41) is 0. The molecule has 5 heteroatoms. The molecule has 2 aromatic carbocycles. The number of rotatable bonds is 8. The zero-order valence-electron chi connectivity index (χ0n) is 16.8. The second-order valence-corrected chi connectivity index (χ2v) is 7.72. The van der Waals surface area contributed by atoms with Gasteiger partial charge in [0.15, 0.2) is 0 Å². The van der Waals surface area contributed by atoms with E-state index in [1.54, 1.807) is 0 Å². The summed E-state index contributed by atoms with van der Waals surface area (Å²) < 4.78 is 34.1. The Balaban J connectivity index is 1.52. The number of ether oxygens (including phenoxy) is 2. The normalized spacial score (nSPS) is 19.2. The predicted octanol–water partition coefficient (Wildman–Crippen LogP) is 6.97. The molecule has 0 unspecified atom stereocenters. The SMILES string of the molecule is CCCCC1CCC(c2ccc(OC(=O)c3ccc(OC(F)F)cc3)cc2)CC1. The van der Waals surface area contributed by atoms with Crippen molar-refractivity contribution in [3.63, 3.8) is 0 Å². The average molecular weight is 402 g/mol. The van der Waals surface area contributed by atoms with Crippen molar-refractivity contribution in [2.24, 2.45) is 5.92 Å². The van der Waals surface area contributed by atoms with Gasteiger partial charge in [0.2, 0.25) is 0 Å². The minimum atomic E-state index is -2.89. The fourth-order valence-corrected chi connectivity index (χ4v) is 4.02. The van der Waals surface area contributed by atoms with Crippen LogP contribution in [0.5, 0.6) is 11.5 Å². The van der Waals surface area contributed by atoms with Crippen LogP contribution in [0.2, 0.25) is 0 Å². The third-order valence-electron chi connectivity index (χ3n) is 5.69. The summed E-state index contributed by atoms with van der Waals surface area (Å²) in [6.45, 7) is -0.644. The lowest BCUT2D eigenvalue weighted by Gasteiger charge is -2.28. The Morgan fingerprint density at radius 1 is 0.966 bits per heavy atom. The number of benzene rings is 2. The molecule has 0 saturated heterocycles. The zero-order valence-corrected chi connectivity index (χ0v) is 16.8. The van der Waals surface area contributed by atoms with Gasteiger partial charge in [-0.05, 0) is 79.5 Å². The van der Waals surface area contributed by atoms with Crippen molar-refractivity contribution in [3.05, 3.63) is 59.7 Å². The second-order valence-electron chi connectivity index (χ2n) is 7.72. The van der Waals surface area contributed by atoms with Crippen molar-refractivity contribution in [1.29, 1.82) is 0 Å². The van der Waals surface area contributed by atoms with Gasteiger partial charge in [-0.3, -0.25) is 0 Å². The van der Waals surface area contributed by atoms with E-state index < -0.39 is 12.6 Å². The Kier molecular flexibility index (Phi) is 7.62. The number of unbranched alkanes of at least 4 members (excludes halogenated alkanes) is 1. The Labute approximate surface area is 171 Å². The number of alkyl halides is 2. The first-order chi connectivity index (χ1) is 14.0. The Bertz CT molecular complexity index is 764. The fraction of sp³-hybridized carbons (Fsp3) is 0.458. The highest BCUT2D eigenvalue weighted by molar-refractivity contribution is 5.91. The molecular formula is C24H28F2O3. The van der Waals surface area contributed by atoms with Crippen molar-refractivity contribution in [2.75, 3.05) is 0 Å². The molecule has 1 aliphatic carbocycles. The first-order valence-electron chi connectivity index (χ1n) is 10.4. The summed E-state index contributed by atoms with van der Waals surface area (Å²) in [5.41, 5.74) is 1.58. The molecule has 3 nitrogen and oxygen atoms in total. The van der Waals surface area contributed by atoms with Crippen LogP contribution in [0.15, 0.2) is 48.5 Å². The first-order valence-corrected chi connectivity index (χ1v) is 10.4. The van der Waals surface area contributed by atoms with Crippen LogP contribution in [-0.2, 0) is 0 Å². The number of hydrogen-bond donors (Lipinski definition) is 0. The van der Waals surface area contributed by atoms with E-state index in [4.69, 9.17) is 4.74 Å². The highest BCUT2D eigenvalue weighted by atomic mass is 19.3. The van der Waals surface area contributed by atoms with E-state index >= 15 is 0 Å². The predicted molar refractivity (Wildman–Crippen MR) is 109 cm³/mol. The van der Waals surface area contributed by atoms with Gasteiger partial charge < -0.3 is 9.47 Å². The molecule has 29 heavy (non-hydrogen) atoms. The van der Waals surface area contributed by atoms with E-state index in [-0.39, 0.29) is 11.3 Å². The van der Waals surface area contributed by atoms with Gasteiger partial charge >= 0.3 is 12.6 Å². The minimum absolute atomic E-state index is 0.00492. The molecule has 1 aliphatic rings. The van der Waals surface area contributed by atoms with E-state index in [1.165, 1.54) is 74.8 Å². The molecule has 0 bridgehead atoms. The maximum atomic E-state index is 12.2. The highest BCUT2D eigenvalue weighted by Crippen LogP contribution is 2.38. The smallest absolute Gasteiger partial charge is 0.387 e. The molecule has 0 N–H and O–H groups in total. The van der Waals surface area contributed by atoms with Gasteiger partial charge in [0.1, 0.15) is 11.5 Å². The van der Waals surface area contributed by atoms with E-state index in [0.717, 1.165) is 5.92 Å². The highest BCUT2D eigenvalue weighted by Gasteiger charge is 2.22. The molecule has 2 aromatic rings. The van der Waals surface area contributed by atoms with Crippen LogP contribution in [-0.4, -0.2) is 12.6 Å². The largest absolute Gasteiger partial charge is 0.435 e. The van der Waals surface area contributed by atoms with E-state index in [1.807, 2.05) is 24.3 Å². The van der Waals surface area contributed by atoms with Crippen molar-refractivity contribution in [2.45, 2.75) is 64.4 Å². The molecule has 1 saturated carbocycles. The number of esters is 1. The summed E-state index contributed by atoms with van der Waals surface area (Å²) in [6, 6.07) is 13.2. The third-order valence-corrected chi connectivity index (χ3v) is 5.69. The van der Waals surface area contributed by atoms with Gasteiger partial charge in [-0.1, -0.05) is 38.3 Å². The molecule has 0 aromatic heterocycles. The molecule has 1 fully saturated rings. The quantitative estimate of drug-likeness (QED) is 0.353. The molecule has 0 spiro atoms. The number of carbonyl (C=O) groups excluding carboxylic acids is 1. The van der Waals surface area contributed by atoms with Gasteiger partial charge in [-0.25, -0.2) is 4.79 Å². The minimum Gasteiger partial charge on any atom is -0.435 e. The number of carbonyl (C=O) groups is 1. The maximum absolute atomic E-state index is 12.2. The second kappa shape index (κ2) is 10.4. The van der Waals surface area contributed by atoms with Crippen LogP contribution in [0.3, 0.4) is 0 Å². The summed E-state index contributed by atoms with van der Waals surface area (Å²) >= 11 is 0. The molecule has 3 rings (SSSR count). The Morgan fingerprint density at radius 2 is 1.59 bits per heavy atom. The van der Waals surface area contributed by atoms with Crippen molar-refractivity contribution < 1.29 is 23.0 Å². The van der Waals surface area contributed by atoms with E-state index in [2.05, 4.69) is 11.7 Å².